The third kappa shape index (κ3) is 7.46. The zero-order chi connectivity index (χ0) is 24.0. The molecule has 4 rings (SSSR count). The summed E-state index contributed by atoms with van der Waals surface area (Å²) in [4.78, 5) is 15.6. The van der Waals surface area contributed by atoms with Crippen LogP contribution >= 0.6 is 11.3 Å². The second-order valence-electron chi connectivity index (χ2n) is 8.08. The lowest BCUT2D eigenvalue weighted by molar-refractivity contribution is -0.192. The van der Waals surface area contributed by atoms with Crippen LogP contribution in [0.25, 0.3) is 0 Å². The molecule has 182 valence electrons. The van der Waals surface area contributed by atoms with Crippen molar-refractivity contribution in [1.82, 2.24) is 9.88 Å². The van der Waals surface area contributed by atoms with E-state index >= 15 is 0 Å². The topological polar surface area (TPSA) is 71.9 Å². The van der Waals surface area contributed by atoms with Crippen molar-refractivity contribution < 1.29 is 36.9 Å². The summed E-state index contributed by atoms with van der Waals surface area (Å²) >= 11 is 1.66. The van der Waals surface area contributed by atoms with Crippen LogP contribution in [0.3, 0.4) is 0 Å². The number of alkyl halides is 3. The summed E-state index contributed by atoms with van der Waals surface area (Å²) in [6.45, 7) is 6.70. The molecule has 0 aliphatic carbocycles. The Balaban J connectivity index is 0.000000383. The van der Waals surface area contributed by atoms with E-state index in [1.807, 2.05) is 19.1 Å². The molecule has 2 saturated heterocycles. The Hall–Kier alpha value is -2.08. The molecule has 2 fully saturated rings. The summed E-state index contributed by atoms with van der Waals surface area (Å²) in [5.74, 6) is -1.81. The van der Waals surface area contributed by atoms with Gasteiger partial charge < -0.3 is 14.6 Å². The van der Waals surface area contributed by atoms with Gasteiger partial charge in [-0.1, -0.05) is 18.2 Å². The molecule has 3 atom stereocenters. The first-order chi connectivity index (χ1) is 15.6. The third-order valence-electron chi connectivity index (χ3n) is 5.66. The van der Waals surface area contributed by atoms with E-state index in [9.17, 15) is 17.6 Å². The van der Waals surface area contributed by atoms with Crippen molar-refractivity contribution in [2.45, 2.75) is 38.8 Å². The average molecular weight is 491 g/mol. The monoisotopic (exact) mass is 490 g/mol. The van der Waals surface area contributed by atoms with Gasteiger partial charge in [-0.15, -0.1) is 11.3 Å². The highest BCUT2D eigenvalue weighted by Gasteiger charge is 2.43. The zero-order valence-corrected chi connectivity index (χ0v) is 18.9. The molecule has 6 nitrogen and oxygen atoms in total. The van der Waals surface area contributed by atoms with Crippen LogP contribution in [-0.2, 0) is 27.4 Å². The summed E-state index contributed by atoms with van der Waals surface area (Å²) < 4.78 is 57.4. The normalized spacial score (nSPS) is 22.6. The number of aromatic nitrogens is 1. The minimum Gasteiger partial charge on any atom is -0.475 e. The second kappa shape index (κ2) is 11.4. The van der Waals surface area contributed by atoms with Gasteiger partial charge in [0.1, 0.15) is 5.82 Å². The molecule has 2 aliphatic rings. The Labute approximate surface area is 193 Å². The van der Waals surface area contributed by atoms with Crippen molar-refractivity contribution in [2.24, 2.45) is 11.8 Å². The van der Waals surface area contributed by atoms with Gasteiger partial charge in [0.25, 0.3) is 0 Å². The van der Waals surface area contributed by atoms with Crippen LogP contribution in [0.2, 0.25) is 0 Å². The van der Waals surface area contributed by atoms with Crippen LogP contribution in [0, 0.1) is 24.6 Å². The van der Waals surface area contributed by atoms with Crippen molar-refractivity contribution in [2.75, 3.05) is 26.3 Å². The number of carboxylic acid groups (broad SMARTS) is 1. The molecule has 11 heteroatoms. The van der Waals surface area contributed by atoms with Gasteiger partial charge in [-0.3, -0.25) is 4.90 Å². The maximum Gasteiger partial charge on any atom is 0.490 e. The fraction of sp³-hybridized carbons (Fsp3) is 0.545. The van der Waals surface area contributed by atoms with Gasteiger partial charge >= 0.3 is 12.1 Å². The van der Waals surface area contributed by atoms with Gasteiger partial charge in [-0.05, 0) is 25.3 Å². The molecule has 1 N–H and O–H groups in total. The predicted octanol–water partition coefficient (Wildman–Crippen LogP) is 4.28. The van der Waals surface area contributed by atoms with E-state index in [2.05, 4.69) is 15.3 Å². The number of fused-ring (bicyclic) bond motifs is 1. The number of rotatable bonds is 7. The van der Waals surface area contributed by atoms with Crippen LogP contribution in [0.5, 0.6) is 0 Å². The highest BCUT2D eigenvalue weighted by atomic mass is 32.1. The van der Waals surface area contributed by atoms with Crippen LogP contribution < -0.4 is 0 Å². The largest absolute Gasteiger partial charge is 0.490 e. The van der Waals surface area contributed by atoms with E-state index < -0.39 is 12.1 Å². The summed E-state index contributed by atoms with van der Waals surface area (Å²) in [5.41, 5.74) is 1.79. The number of nitrogens with zero attached hydrogens (tertiary/aromatic N) is 2. The number of halogens is 4. The first-order valence-electron chi connectivity index (χ1n) is 10.5. The Morgan fingerprint density at radius 1 is 1.33 bits per heavy atom. The van der Waals surface area contributed by atoms with E-state index in [0.29, 0.717) is 25.0 Å². The van der Waals surface area contributed by atoms with Crippen LogP contribution in [0.4, 0.5) is 17.6 Å². The fourth-order valence-corrected chi connectivity index (χ4v) is 4.66. The number of carboxylic acids is 1. The standard InChI is InChI=1S/C20H25FN2O2S.C2HF3O2/c1-14-22-17(13-26-14)12-24-7-6-16-11-25-20-10-23(9-18(16)20)8-15-4-2-3-5-19(15)21;3-2(4,5)1(6)7/h2-5,13,16,18,20H,6-12H2,1H3;(H,6,7)/t16-,18-,20-;/m0./s1. The summed E-state index contributed by atoms with van der Waals surface area (Å²) in [7, 11) is 0. The molecular weight excluding hydrogens is 464 g/mol. The third-order valence-corrected chi connectivity index (χ3v) is 6.48. The molecule has 0 spiro atoms. The van der Waals surface area contributed by atoms with E-state index in [0.717, 1.165) is 49.0 Å². The number of thiazole rings is 1. The molecule has 0 unspecified atom stereocenters. The van der Waals surface area contributed by atoms with Crippen molar-refractivity contribution >= 4 is 17.3 Å². The number of carbonyl (C=O) groups is 1. The van der Waals surface area contributed by atoms with Gasteiger partial charge in [0.2, 0.25) is 0 Å². The molecule has 1 aromatic heterocycles. The molecule has 0 amide bonds. The van der Waals surface area contributed by atoms with Gasteiger partial charge in [0.05, 0.1) is 30.0 Å². The lowest BCUT2D eigenvalue weighted by Crippen LogP contribution is -2.25. The number of hydrogen-bond donors (Lipinski definition) is 1. The Kier molecular flexibility index (Phi) is 8.80. The number of aliphatic carboxylic acids is 1. The quantitative estimate of drug-likeness (QED) is 0.462. The molecule has 0 saturated carbocycles. The minimum absolute atomic E-state index is 0.118. The lowest BCUT2D eigenvalue weighted by Gasteiger charge is -2.20. The maximum absolute atomic E-state index is 13.9. The number of aryl methyl sites for hydroxylation is 1. The van der Waals surface area contributed by atoms with Crippen LogP contribution in [0.1, 0.15) is 22.7 Å². The number of hydrogen-bond acceptors (Lipinski definition) is 6. The van der Waals surface area contributed by atoms with Crippen molar-refractivity contribution in [1.29, 1.82) is 0 Å². The highest BCUT2D eigenvalue weighted by molar-refractivity contribution is 7.09. The van der Waals surface area contributed by atoms with Crippen molar-refractivity contribution in [3.8, 4) is 0 Å². The van der Waals surface area contributed by atoms with E-state index in [4.69, 9.17) is 19.4 Å². The van der Waals surface area contributed by atoms with Gasteiger partial charge in [-0.2, -0.15) is 13.2 Å². The first kappa shape index (κ1) is 25.5. The minimum atomic E-state index is -5.08. The van der Waals surface area contributed by atoms with E-state index in [1.54, 1.807) is 17.4 Å². The number of benzene rings is 1. The second-order valence-corrected chi connectivity index (χ2v) is 9.15. The maximum atomic E-state index is 13.9. The van der Waals surface area contributed by atoms with Gasteiger partial charge in [-0.25, -0.2) is 14.2 Å². The molecular formula is C22H26F4N2O4S. The summed E-state index contributed by atoms with van der Waals surface area (Å²) in [6, 6.07) is 7.04. The first-order valence-corrected chi connectivity index (χ1v) is 11.4. The van der Waals surface area contributed by atoms with Gasteiger partial charge in [0.15, 0.2) is 0 Å². The Morgan fingerprint density at radius 2 is 2.06 bits per heavy atom. The Bertz CT molecular complexity index is 924. The number of likely N-dealkylation sites (tertiary alicyclic amines) is 1. The Morgan fingerprint density at radius 3 is 2.70 bits per heavy atom. The smallest absolute Gasteiger partial charge is 0.475 e. The molecule has 2 aromatic rings. The highest BCUT2D eigenvalue weighted by Crippen LogP contribution is 2.36. The number of ether oxygens (including phenoxy) is 2. The molecule has 0 bridgehead atoms. The van der Waals surface area contributed by atoms with E-state index in [-0.39, 0.29) is 11.9 Å². The van der Waals surface area contributed by atoms with Crippen molar-refractivity contribution in [3.05, 3.63) is 51.7 Å². The molecule has 2 aliphatic heterocycles. The molecule has 33 heavy (non-hydrogen) atoms. The summed E-state index contributed by atoms with van der Waals surface area (Å²) in [5, 5.41) is 10.3. The van der Waals surface area contributed by atoms with Crippen molar-refractivity contribution in [3.63, 3.8) is 0 Å². The predicted molar refractivity (Wildman–Crippen MR) is 113 cm³/mol. The summed E-state index contributed by atoms with van der Waals surface area (Å²) in [6.07, 6.45) is -3.79. The molecule has 1 aromatic carbocycles. The zero-order valence-electron chi connectivity index (χ0n) is 18.1. The molecule has 0 radical (unpaired) electrons. The molecule has 3 heterocycles. The van der Waals surface area contributed by atoms with Crippen LogP contribution in [0.15, 0.2) is 29.6 Å². The fourth-order valence-electron chi connectivity index (χ4n) is 4.06. The lowest BCUT2D eigenvalue weighted by atomic mass is 9.91. The SMILES string of the molecule is Cc1nc(COCC[C@H]2CO[C@H]3CN(Cc4ccccc4F)C[C@@H]23)cs1.O=C(O)C(F)(F)F. The van der Waals surface area contributed by atoms with Crippen LogP contribution in [-0.4, -0.2) is 59.5 Å². The van der Waals surface area contributed by atoms with Gasteiger partial charge in [0, 0.05) is 43.1 Å². The van der Waals surface area contributed by atoms with E-state index in [1.165, 1.54) is 6.07 Å². The average Bonchev–Trinajstić information content (AvgIpc) is 3.43.